The highest BCUT2D eigenvalue weighted by molar-refractivity contribution is 7.11. The van der Waals surface area contributed by atoms with E-state index in [1.54, 1.807) is 11.3 Å². The summed E-state index contributed by atoms with van der Waals surface area (Å²) in [6.45, 7) is 4.63. The molecule has 1 unspecified atom stereocenters. The maximum Gasteiger partial charge on any atom is 0.124 e. The zero-order chi connectivity index (χ0) is 13.0. The molecule has 0 aliphatic carbocycles. The molecule has 0 spiro atoms. The number of hydrogen-bond donors (Lipinski definition) is 1. The molecule has 1 aromatic carbocycles. The smallest absolute Gasteiger partial charge is 0.124 e. The third-order valence-electron chi connectivity index (χ3n) is 2.80. The Morgan fingerprint density at radius 2 is 2.17 bits per heavy atom. The van der Waals surface area contributed by atoms with Crippen molar-refractivity contribution in [1.82, 2.24) is 4.98 Å². The van der Waals surface area contributed by atoms with Gasteiger partial charge in [0.15, 0.2) is 0 Å². The van der Waals surface area contributed by atoms with Crippen molar-refractivity contribution in [2.24, 2.45) is 5.73 Å². The van der Waals surface area contributed by atoms with E-state index in [0.29, 0.717) is 6.61 Å². The molecule has 0 fully saturated rings. The van der Waals surface area contributed by atoms with Crippen LogP contribution in [0.25, 0.3) is 0 Å². The Morgan fingerprint density at radius 3 is 2.83 bits per heavy atom. The molecule has 0 aliphatic heterocycles. The number of aryl methyl sites for hydroxylation is 1. The first-order valence-electron chi connectivity index (χ1n) is 6.09. The second-order valence-corrected chi connectivity index (χ2v) is 5.51. The lowest BCUT2D eigenvalue weighted by atomic mass is 10.0. The van der Waals surface area contributed by atoms with E-state index in [2.05, 4.69) is 11.9 Å². The van der Waals surface area contributed by atoms with Gasteiger partial charge in [-0.2, -0.15) is 0 Å². The molecule has 0 amide bonds. The van der Waals surface area contributed by atoms with Crippen LogP contribution in [0.2, 0.25) is 0 Å². The summed E-state index contributed by atoms with van der Waals surface area (Å²) < 4.78 is 5.85. The molecule has 0 saturated heterocycles. The molecule has 18 heavy (non-hydrogen) atoms. The van der Waals surface area contributed by atoms with E-state index in [1.165, 1.54) is 0 Å². The predicted molar refractivity (Wildman–Crippen MR) is 74.8 cm³/mol. The number of thiazole rings is 1. The Balaban J connectivity index is 2.09. The van der Waals surface area contributed by atoms with Crippen LogP contribution in [0.5, 0.6) is 5.75 Å². The summed E-state index contributed by atoms with van der Waals surface area (Å²) in [4.78, 5) is 5.35. The molecule has 2 N–H and O–H groups in total. The van der Waals surface area contributed by atoms with Crippen LogP contribution in [-0.4, -0.2) is 4.98 Å². The van der Waals surface area contributed by atoms with Crippen molar-refractivity contribution in [3.8, 4) is 5.75 Å². The Kier molecular flexibility index (Phi) is 4.33. The number of nitrogens with zero attached hydrogens (tertiary/aromatic N) is 1. The van der Waals surface area contributed by atoms with Crippen LogP contribution >= 0.6 is 11.3 Å². The van der Waals surface area contributed by atoms with Crippen LogP contribution in [0.3, 0.4) is 0 Å². The molecular formula is C14H18N2OS. The monoisotopic (exact) mass is 262 g/mol. The fraction of sp³-hybridized carbons (Fsp3) is 0.357. The van der Waals surface area contributed by atoms with Crippen molar-refractivity contribution < 1.29 is 4.74 Å². The minimum Gasteiger partial charge on any atom is -0.488 e. The molecule has 1 aromatic heterocycles. The van der Waals surface area contributed by atoms with Crippen molar-refractivity contribution in [2.75, 3.05) is 0 Å². The van der Waals surface area contributed by atoms with Gasteiger partial charge in [0.2, 0.25) is 0 Å². The number of para-hydroxylation sites is 1. The first-order valence-corrected chi connectivity index (χ1v) is 6.91. The number of nitrogens with two attached hydrogens (primary N) is 1. The van der Waals surface area contributed by atoms with Crippen molar-refractivity contribution in [1.29, 1.82) is 0 Å². The van der Waals surface area contributed by atoms with Crippen LogP contribution < -0.4 is 10.5 Å². The van der Waals surface area contributed by atoms with Gasteiger partial charge in [0.25, 0.3) is 0 Å². The lowest BCUT2D eigenvalue weighted by Gasteiger charge is -2.15. The summed E-state index contributed by atoms with van der Waals surface area (Å²) in [6, 6.07) is 8.00. The SMILES string of the molecule is CCC(N)c1ccccc1OCc1cnc(C)s1. The van der Waals surface area contributed by atoms with E-state index < -0.39 is 0 Å². The van der Waals surface area contributed by atoms with Gasteiger partial charge in [0.05, 0.1) is 9.88 Å². The Morgan fingerprint density at radius 1 is 1.39 bits per heavy atom. The minimum absolute atomic E-state index is 0.0318. The van der Waals surface area contributed by atoms with Crippen LogP contribution in [-0.2, 0) is 6.61 Å². The first kappa shape index (κ1) is 13.1. The highest BCUT2D eigenvalue weighted by atomic mass is 32.1. The lowest BCUT2D eigenvalue weighted by molar-refractivity contribution is 0.304. The summed E-state index contributed by atoms with van der Waals surface area (Å²) in [5.41, 5.74) is 7.15. The number of ether oxygens (including phenoxy) is 1. The molecule has 1 heterocycles. The van der Waals surface area contributed by atoms with E-state index >= 15 is 0 Å². The van der Waals surface area contributed by atoms with Crippen molar-refractivity contribution in [3.05, 3.63) is 45.9 Å². The molecule has 0 saturated carbocycles. The van der Waals surface area contributed by atoms with Crippen LogP contribution in [0.1, 0.15) is 34.8 Å². The second-order valence-electron chi connectivity index (χ2n) is 4.19. The molecule has 1 atom stereocenters. The molecule has 96 valence electrons. The highest BCUT2D eigenvalue weighted by Crippen LogP contribution is 2.26. The Labute approximate surface area is 112 Å². The average Bonchev–Trinajstić information content (AvgIpc) is 2.81. The molecule has 4 heteroatoms. The van der Waals surface area contributed by atoms with Gasteiger partial charge in [0.1, 0.15) is 12.4 Å². The third kappa shape index (κ3) is 3.09. The normalized spacial score (nSPS) is 12.4. The number of aromatic nitrogens is 1. The zero-order valence-corrected chi connectivity index (χ0v) is 11.5. The molecule has 0 aliphatic rings. The Bertz CT molecular complexity index is 510. The van der Waals surface area contributed by atoms with Gasteiger partial charge in [-0.3, -0.25) is 0 Å². The average molecular weight is 262 g/mol. The van der Waals surface area contributed by atoms with Crippen LogP contribution in [0.4, 0.5) is 0 Å². The molecular weight excluding hydrogens is 244 g/mol. The maximum atomic E-state index is 6.08. The van der Waals surface area contributed by atoms with Crippen molar-refractivity contribution in [2.45, 2.75) is 32.9 Å². The van der Waals surface area contributed by atoms with Gasteiger partial charge in [-0.1, -0.05) is 25.1 Å². The largest absolute Gasteiger partial charge is 0.488 e. The summed E-state index contributed by atoms with van der Waals surface area (Å²) >= 11 is 1.66. The number of hydrogen-bond acceptors (Lipinski definition) is 4. The quantitative estimate of drug-likeness (QED) is 0.898. The molecule has 0 bridgehead atoms. The third-order valence-corrected chi connectivity index (χ3v) is 3.68. The van der Waals surface area contributed by atoms with Gasteiger partial charge in [-0.05, 0) is 19.4 Å². The van der Waals surface area contributed by atoms with Gasteiger partial charge < -0.3 is 10.5 Å². The van der Waals surface area contributed by atoms with E-state index in [-0.39, 0.29) is 6.04 Å². The minimum atomic E-state index is 0.0318. The standard InChI is InChI=1S/C14H18N2OS/c1-3-13(15)12-6-4-5-7-14(12)17-9-11-8-16-10(2)18-11/h4-8,13H,3,9,15H2,1-2H3. The van der Waals surface area contributed by atoms with Gasteiger partial charge in [-0.25, -0.2) is 4.98 Å². The summed E-state index contributed by atoms with van der Waals surface area (Å²) in [5.74, 6) is 0.873. The number of rotatable bonds is 5. The summed E-state index contributed by atoms with van der Waals surface area (Å²) in [6.07, 6.45) is 2.77. The van der Waals surface area contributed by atoms with Gasteiger partial charge >= 0.3 is 0 Å². The fourth-order valence-electron chi connectivity index (χ4n) is 1.76. The van der Waals surface area contributed by atoms with Gasteiger partial charge in [-0.15, -0.1) is 11.3 Å². The first-order chi connectivity index (χ1) is 8.70. The van der Waals surface area contributed by atoms with Crippen LogP contribution in [0, 0.1) is 6.92 Å². The molecule has 2 rings (SSSR count). The summed E-state index contributed by atoms with van der Waals surface area (Å²) in [7, 11) is 0. The maximum absolute atomic E-state index is 6.08. The number of benzene rings is 1. The lowest BCUT2D eigenvalue weighted by Crippen LogP contribution is -2.10. The van der Waals surface area contributed by atoms with Gasteiger partial charge in [0, 0.05) is 17.8 Å². The van der Waals surface area contributed by atoms with Crippen LogP contribution in [0.15, 0.2) is 30.5 Å². The van der Waals surface area contributed by atoms with E-state index in [9.17, 15) is 0 Å². The van der Waals surface area contributed by atoms with E-state index in [4.69, 9.17) is 10.5 Å². The predicted octanol–water partition coefficient (Wildman–Crippen LogP) is 3.44. The molecule has 0 radical (unpaired) electrons. The highest BCUT2D eigenvalue weighted by Gasteiger charge is 2.10. The second kappa shape index (κ2) is 5.98. The van der Waals surface area contributed by atoms with E-state index in [1.807, 2.05) is 37.4 Å². The zero-order valence-electron chi connectivity index (χ0n) is 10.7. The topological polar surface area (TPSA) is 48.1 Å². The Hall–Kier alpha value is -1.39. The van der Waals surface area contributed by atoms with Crippen molar-refractivity contribution >= 4 is 11.3 Å². The van der Waals surface area contributed by atoms with Crippen molar-refractivity contribution in [3.63, 3.8) is 0 Å². The summed E-state index contributed by atoms with van der Waals surface area (Å²) in [5, 5.41) is 1.06. The fourth-order valence-corrected chi connectivity index (χ4v) is 2.47. The van der Waals surface area contributed by atoms with E-state index in [0.717, 1.165) is 27.6 Å². The molecule has 3 nitrogen and oxygen atoms in total. The molecule has 2 aromatic rings.